The van der Waals surface area contributed by atoms with Gasteiger partial charge >= 0.3 is 0 Å². The first-order valence-corrected chi connectivity index (χ1v) is 11.4. The molecule has 3 aromatic rings. The molecule has 140 valence electrons. The van der Waals surface area contributed by atoms with Crippen molar-refractivity contribution in [2.45, 2.75) is 22.9 Å². The number of hydrogen-bond donors (Lipinski definition) is 0. The Bertz CT molecular complexity index is 1090. The van der Waals surface area contributed by atoms with E-state index in [1.165, 1.54) is 17.4 Å². The Morgan fingerprint density at radius 3 is 2.63 bits per heavy atom. The number of fused-ring (bicyclic) bond motifs is 1. The summed E-state index contributed by atoms with van der Waals surface area (Å²) in [5.74, 6) is 0. The number of rotatable bonds is 4. The van der Waals surface area contributed by atoms with Crippen LogP contribution in [-0.2, 0) is 29.9 Å². The number of sulfone groups is 1. The predicted molar refractivity (Wildman–Crippen MR) is 108 cm³/mol. The maximum Gasteiger partial charge on any atom is 0.175 e. The van der Waals surface area contributed by atoms with Gasteiger partial charge in [-0.25, -0.2) is 17.7 Å². The number of hydrogen-bond acceptors (Lipinski definition) is 5. The summed E-state index contributed by atoms with van der Waals surface area (Å²) in [5, 5.41) is 1.01. The minimum absolute atomic E-state index is 0.357. The van der Waals surface area contributed by atoms with Crippen molar-refractivity contribution in [1.29, 1.82) is 0 Å². The molecule has 0 aliphatic carbocycles. The fraction of sp³-hybridized carbons (Fsp3) is 0.250. The Morgan fingerprint density at radius 2 is 1.89 bits per heavy atom. The van der Waals surface area contributed by atoms with Crippen LogP contribution in [0.15, 0.2) is 64.9 Å². The number of aryl methyl sites for hydroxylation is 1. The lowest BCUT2D eigenvalue weighted by Gasteiger charge is -2.27. The largest absolute Gasteiger partial charge is 0.339 e. The van der Waals surface area contributed by atoms with Gasteiger partial charge in [0, 0.05) is 32.6 Å². The van der Waals surface area contributed by atoms with Crippen LogP contribution < -0.4 is 0 Å². The molecule has 2 heterocycles. The minimum atomic E-state index is -3.20. The quantitative estimate of drug-likeness (QED) is 0.628. The molecular formula is C20H21N3O2S2. The van der Waals surface area contributed by atoms with Crippen LogP contribution in [0.3, 0.4) is 0 Å². The topological polar surface area (TPSA) is 55.2 Å². The van der Waals surface area contributed by atoms with Crippen molar-refractivity contribution in [3.63, 3.8) is 0 Å². The van der Waals surface area contributed by atoms with Gasteiger partial charge in [-0.3, -0.25) is 0 Å². The van der Waals surface area contributed by atoms with Gasteiger partial charge in [0.05, 0.1) is 11.2 Å². The maximum atomic E-state index is 11.8. The maximum absolute atomic E-state index is 11.8. The van der Waals surface area contributed by atoms with Crippen molar-refractivity contribution in [2.24, 2.45) is 7.05 Å². The lowest BCUT2D eigenvalue weighted by Crippen LogP contribution is -2.24. The molecule has 0 N–H and O–H groups in total. The van der Waals surface area contributed by atoms with Gasteiger partial charge in [-0.05, 0) is 52.8 Å². The number of nitrogens with zero attached hydrogens (tertiary/aromatic N) is 3. The molecule has 0 saturated heterocycles. The molecule has 4 rings (SSSR count). The number of aromatic nitrogens is 2. The Labute approximate surface area is 164 Å². The Balaban J connectivity index is 1.55. The minimum Gasteiger partial charge on any atom is -0.339 e. The molecule has 2 aromatic carbocycles. The molecule has 0 atom stereocenters. The zero-order valence-corrected chi connectivity index (χ0v) is 16.9. The van der Waals surface area contributed by atoms with E-state index < -0.39 is 9.84 Å². The van der Waals surface area contributed by atoms with Crippen molar-refractivity contribution >= 4 is 21.8 Å². The van der Waals surface area contributed by atoms with Crippen LogP contribution in [0.1, 0.15) is 11.1 Å². The molecule has 0 spiro atoms. The average Bonchev–Trinajstić information content (AvgIpc) is 3.05. The van der Waals surface area contributed by atoms with E-state index >= 15 is 0 Å². The fourth-order valence-electron chi connectivity index (χ4n) is 3.26. The van der Waals surface area contributed by atoms with Crippen LogP contribution in [0.25, 0.3) is 11.1 Å². The van der Waals surface area contributed by atoms with E-state index in [9.17, 15) is 8.42 Å². The standard InChI is InChI=1S/C20H21N3O2S2/c1-22-13-20(21-14-22)26-23-9-8-17-10-16(6-7-18(17)12-23)15-4-3-5-19(11-15)27(2,24)25/h3-7,10-11,13-14H,8-9,12H2,1-2H3. The fourth-order valence-corrected chi connectivity index (χ4v) is 4.88. The third-order valence-electron chi connectivity index (χ3n) is 4.68. The summed E-state index contributed by atoms with van der Waals surface area (Å²) in [6.07, 6.45) is 6.05. The second kappa shape index (κ2) is 7.14. The third kappa shape index (κ3) is 4.10. The zero-order valence-electron chi connectivity index (χ0n) is 15.3. The third-order valence-corrected chi connectivity index (χ3v) is 6.76. The van der Waals surface area contributed by atoms with E-state index in [0.29, 0.717) is 4.90 Å². The molecule has 0 bridgehead atoms. The molecule has 1 aromatic heterocycles. The molecule has 1 aliphatic rings. The van der Waals surface area contributed by atoms with E-state index in [-0.39, 0.29) is 0 Å². The summed E-state index contributed by atoms with van der Waals surface area (Å²) < 4.78 is 27.9. The molecular weight excluding hydrogens is 378 g/mol. The molecule has 27 heavy (non-hydrogen) atoms. The Kier molecular flexibility index (Phi) is 4.84. The van der Waals surface area contributed by atoms with Crippen LogP contribution >= 0.6 is 11.9 Å². The van der Waals surface area contributed by atoms with Crippen LogP contribution in [0.5, 0.6) is 0 Å². The second-order valence-electron chi connectivity index (χ2n) is 6.87. The normalized spacial score (nSPS) is 14.9. The lowest BCUT2D eigenvalue weighted by molar-refractivity contribution is 0.443. The van der Waals surface area contributed by atoms with Gasteiger partial charge in [-0.15, -0.1) is 0 Å². The molecule has 7 heteroatoms. The molecule has 1 aliphatic heterocycles. The highest BCUT2D eigenvalue weighted by atomic mass is 32.2. The molecule has 0 saturated carbocycles. The molecule has 5 nitrogen and oxygen atoms in total. The SMILES string of the molecule is Cn1cnc(SN2CCc3cc(-c4cccc(S(C)(=O)=O)c4)ccc3C2)c1. The summed E-state index contributed by atoms with van der Waals surface area (Å²) >= 11 is 1.69. The Morgan fingerprint density at radius 1 is 1.07 bits per heavy atom. The monoisotopic (exact) mass is 399 g/mol. The summed E-state index contributed by atoms with van der Waals surface area (Å²) in [6.45, 7) is 1.83. The smallest absolute Gasteiger partial charge is 0.175 e. The van der Waals surface area contributed by atoms with Gasteiger partial charge in [-0.1, -0.05) is 30.3 Å². The molecule has 0 radical (unpaired) electrons. The van der Waals surface area contributed by atoms with Crippen molar-refractivity contribution in [3.8, 4) is 11.1 Å². The number of benzene rings is 2. The highest BCUT2D eigenvalue weighted by Crippen LogP contribution is 2.31. The summed E-state index contributed by atoms with van der Waals surface area (Å²) in [7, 11) is -1.23. The average molecular weight is 400 g/mol. The van der Waals surface area contributed by atoms with Gasteiger partial charge in [-0.2, -0.15) is 0 Å². The molecule has 0 amide bonds. The lowest BCUT2D eigenvalue weighted by atomic mass is 9.95. The first kappa shape index (κ1) is 18.3. The second-order valence-corrected chi connectivity index (χ2v) is 10.00. The molecule has 0 fully saturated rings. The highest BCUT2D eigenvalue weighted by Gasteiger charge is 2.19. The van der Waals surface area contributed by atoms with Crippen molar-refractivity contribution in [2.75, 3.05) is 12.8 Å². The summed E-state index contributed by atoms with van der Waals surface area (Å²) in [4.78, 5) is 4.74. The first-order valence-electron chi connectivity index (χ1n) is 8.72. The number of imidazole rings is 1. The van der Waals surface area contributed by atoms with E-state index in [4.69, 9.17) is 0 Å². The van der Waals surface area contributed by atoms with Crippen LogP contribution in [0, 0.1) is 0 Å². The van der Waals surface area contributed by atoms with Crippen LogP contribution in [0.4, 0.5) is 0 Å². The van der Waals surface area contributed by atoms with Crippen LogP contribution in [-0.4, -0.2) is 35.1 Å². The van der Waals surface area contributed by atoms with Gasteiger partial charge < -0.3 is 4.57 Å². The van der Waals surface area contributed by atoms with E-state index in [1.54, 1.807) is 30.1 Å². The Hall–Kier alpha value is -2.09. The van der Waals surface area contributed by atoms with E-state index in [2.05, 4.69) is 27.5 Å². The van der Waals surface area contributed by atoms with Gasteiger partial charge in [0.25, 0.3) is 0 Å². The van der Waals surface area contributed by atoms with Gasteiger partial charge in [0.1, 0.15) is 5.03 Å². The van der Waals surface area contributed by atoms with Gasteiger partial charge in [0.2, 0.25) is 0 Å². The van der Waals surface area contributed by atoms with Crippen LogP contribution in [0.2, 0.25) is 0 Å². The van der Waals surface area contributed by atoms with Crippen molar-refractivity contribution in [3.05, 3.63) is 66.1 Å². The summed E-state index contributed by atoms with van der Waals surface area (Å²) in [6, 6.07) is 13.6. The van der Waals surface area contributed by atoms with E-state index in [0.717, 1.165) is 35.7 Å². The molecule has 0 unspecified atom stereocenters. The predicted octanol–water partition coefficient (Wildman–Crippen LogP) is 3.56. The highest BCUT2D eigenvalue weighted by molar-refractivity contribution is 7.97. The van der Waals surface area contributed by atoms with Gasteiger partial charge in [0.15, 0.2) is 9.84 Å². The summed E-state index contributed by atoms with van der Waals surface area (Å²) in [5.41, 5.74) is 4.64. The van der Waals surface area contributed by atoms with Crippen molar-refractivity contribution in [1.82, 2.24) is 13.9 Å². The van der Waals surface area contributed by atoms with E-state index in [1.807, 2.05) is 30.2 Å². The zero-order chi connectivity index (χ0) is 19.0. The first-order chi connectivity index (χ1) is 12.9. The van der Waals surface area contributed by atoms with Crippen molar-refractivity contribution < 1.29 is 8.42 Å².